The van der Waals surface area contributed by atoms with E-state index in [0.717, 1.165) is 11.3 Å². The number of carbonyl (C=O) groups excluding carboxylic acids is 3. The van der Waals surface area contributed by atoms with E-state index in [1.807, 2.05) is 18.2 Å². The molecular weight excluding hydrogens is 302 g/mol. The molecule has 7 heteroatoms. The predicted molar refractivity (Wildman–Crippen MR) is 86.6 cm³/mol. The SMILES string of the molecule is CC(=O)N(C)Cc1ccccc1NC(=O)CN1CCSC1=O. The molecule has 0 bridgehead atoms. The third-order valence-corrected chi connectivity index (χ3v) is 4.31. The van der Waals surface area contributed by atoms with E-state index in [9.17, 15) is 14.4 Å². The zero-order valence-corrected chi connectivity index (χ0v) is 13.5. The van der Waals surface area contributed by atoms with E-state index in [4.69, 9.17) is 0 Å². The maximum absolute atomic E-state index is 12.1. The molecule has 118 valence electrons. The minimum absolute atomic E-state index is 0.0409. The highest BCUT2D eigenvalue weighted by Gasteiger charge is 2.23. The first-order valence-electron chi connectivity index (χ1n) is 6.98. The Balaban J connectivity index is 2.01. The second kappa shape index (κ2) is 7.31. The van der Waals surface area contributed by atoms with E-state index in [1.165, 1.54) is 23.6 Å². The lowest BCUT2D eigenvalue weighted by Gasteiger charge is -2.19. The van der Waals surface area contributed by atoms with Crippen molar-refractivity contribution in [3.63, 3.8) is 0 Å². The van der Waals surface area contributed by atoms with E-state index in [0.29, 0.717) is 18.8 Å². The van der Waals surface area contributed by atoms with Crippen LogP contribution in [-0.2, 0) is 16.1 Å². The molecule has 0 aliphatic carbocycles. The Morgan fingerprint density at radius 3 is 2.73 bits per heavy atom. The van der Waals surface area contributed by atoms with Gasteiger partial charge in [-0.1, -0.05) is 30.0 Å². The molecule has 1 N–H and O–H groups in total. The van der Waals surface area contributed by atoms with Gasteiger partial charge < -0.3 is 15.1 Å². The topological polar surface area (TPSA) is 69.7 Å². The van der Waals surface area contributed by atoms with Crippen molar-refractivity contribution >= 4 is 34.5 Å². The van der Waals surface area contributed by atoms with E-state index in [-0.39, 0.29) is 23.6 Å². The molecule has 0 saturated carbocycles. The zero-order chi connectivity index (χ0) is 16.1. The summed E-state index contributed by atoms with van der Waals surface area (Å²) in [7, 11) is 1.71. The number of amides is 3. The van der Waals surface area contributed by atoms with E-state index in [1.54, 1.807) is 18.0 Å². The summed E-state index contributed by atoms with van der Waals surface area (Å²) in [5.74, 6) is 0.459. The number of anilines is 1. The number of rotatable bonds is 5. The van der Waals surface area contributed by atoms with E-state index in [2.05, 4.69) is 5.32 Å². The van der Waals surface area contributed by atoms with Crippen LogP contribution in [0.2, 0.25) is 0 Å². The summed E-state index contributed by atoms with van der Waals surface area (Å²) in [4.78, 5) is 38.1. The average Bonchev–Trinajstić information content (AvgIpc) is 2.86. The quantitative estimate of drug-likeness (QED) is 0.897. The van der Waals surface area contributed by atoms with Crippen LogP contribution in [0.4, 0.5) is 10.5 Å². The summed E-state index contributed by atoms with van der Waals surface area (Å²) in [6, 6.07) is 7.34. The van der Waals surface area contributed by atoms with Crippen LogP contribution < -0.4 is 5.32 Å². The smallest absolute Gasteiger partial charge is 0.282 e. The molecule has 1 heterocycles. The molecular formula is C15H19N3O3S. The normalized spacial score (nSPS) is 14.1. The largest absolute Gasteiger partial charge is 0.342 e. The van der Waals surface area contributed by atoms with Crippen molar-refractivity contribution in [3.8, 4) is 0 Å². The Labute approximate surface area is 133 Å². The second-order valence-corrected chi connectivity index (χ2v) is 6.16. The highest BCUT2D eigenvalue weighted by atomic mass is 32.2. The molecule has 6 nitrogen and oxygen atoms in total. The van der Waals surface area contributed by atoms with Gasteiger partial charge in [-0.05, 0) is 11.6 Å². The summed E-state index contributed by atoms with van der Waals surface area (Å²) in [5, 5.41) is 2.77. The van der Waals surface area contributed by atoms with Gasteiger partial charge in [-0.2, -0.15) is 0 Å². The van der Waals surface area contributed by atoms with Crippen LogP contribution in [0.15, 0.2) is 24.3 Å². The van der Waals surface area contributed by atoms with Gasteiger partial charge in [0.1, 0.15) is 6.54 Å². The number of thioether (sulfide) groups is 1. The van der Waals surface area contributed by atoms with Gasteiger partial charge >= 0.3 is 0 Å². The molecule has 0 aromatic heterocycles. The van der Waals surface area contributed by atoms with Crippen LogP contribution in [-0.4, -0.2) is 52.7 Å². The van der Waals surface area contributed by atoms with Crippen molar-refractivity contribution in [2.24, 2.45) is 0 Å². The number of carbonyl (C=O) groups is 3. The van der Waals surface area contributed by atoms with Gasteiger partial charge in [0.2, 0.25) is 11.8 Å². The molecule has 1 aromatic rings. The molecule has 0 atom stereocenters. The van der Waals surface area contributed by atoms with Gasteiger partial charge in [0.05, 0.1) is 0 Å². The fourth-order valence-corrected chi connectivity index (χ4v) is 2.90. The van der Waals surface area contributed by atoms with Crippen LogP contribution in [0.5, 0.6) is 0 Å². The molecule has 1 aromatic carbocycles. The average molecular weight is 321 g/mol. The van der Waals surface area contributed by atoms with Gasteiger partial charge in [-0.3, -0.25) is 14.4 Å². The lowest BCUT2D eigenvalue weighted by atomic mass is 10.1. The first-order chi connectivity index (χ1) is 10.5. The number of nitrogens with one attached hydrogen (secondary N) is 1. The Kier molecular flexibility index (Phi) is 5.43. The maximum atomic E-state index is 12.1. The third kappa shape index (κ3) is 4.24. The van der Waals surface area contributed by atoms with Crippen molar-refractivity contribution < 1.29 is 14.4 Å². The molecule has 22 heavy (non-hydrogen) atoms. The first kappa shape index (κ1) is 16.4. The van der Waals surface area contributed by atoms with Crippen molar-refractivity contribution in [2.45, 2.75) is 13.5 Å². The van der Waals surface area contributed by atoms with Crippen LogP contribution in [0, 0.1) is 0 Å². The lowest BCUT2D eigenvalue weighted by molar-refractivity contribution is -0.128. The van der Waals surface area contributed by atoms with Crippen LogP contribution in [0.3, 0.4) is 0 Å². The molecule has 1 fully saturated rings. The van der Waals surface area contributed by atoms with Crippen molar-refractivity contribution in [3.05, 3.63) is 29.8 Å². The van der Waals surface area contributed by atoms with Crippen molar-refractivity contribution in [1.82, 2.24) is 9.80 Å². The minimum Gasteiger partial charge on any atom is -0.342 e. The summed E-state index contributed by atoms with van der Waals surface area (Å²) in [6.45, 7) is 2.58. The molecule has 3 amide bonds. The molecule has 0 radical (unpaired) electrons. The Morgan fingerprint density at radius 1 is 1.36 bits per heavy atom. The maximum Gasteiger partial charge on any atom is 0.282 e. The number of para-hydroxylation sites is 1. The molecule has 0 unspecified atom stereocenters. The fraction of sp³-hybridized carbons (Fsp3) is 0.400. The Morgan fingerprint density at radius 2 is 2.09 bits per heavy atom. The van der Waals surface area contributed by atoms with Gasteiger partial charge in [0.25, 0.3) is 5.24 Å². The molecule has 1 saturated heterocycles. The fourth-order valence-electron chi connectivity index (χ4n) is 2.08. The van der Waals surface area contributed by atoms with Crippen LogP contribution >= 0.6 is 11.8 Å². The second-order valence-electron chi connectivity index (χ2n) is 5.12. The van der Waals surface area contributed by atoms with Crippen LogP contribution in [0.25, 0.3) is 0 Å². The third-order valence-electron chi connectivity index (χ3n) is 3.42. The highest BCUT2D eigenvalue weighted by Crippen LogP contribution is 2.19. The van der Waals surface area contributed by atoms with E-state index >= 15 is 0 Å². The summed E-state index contributed by atoms with van der Waals surface area (Å²) in [6.07, 6.45) is 0. The van der Waals surface area contributed by atoms with Gasteiger partial charge in [-0.25, -0.2) is 0 Å². The minimum atomic E-state index is -0.228. The zero-order valence-electron chi connectivity index (χ0n) is 12.7. The Hall–Kier alpha value is -2.02. The molecule has 1 aliphatic heterocycles. The number of nitrogens with zero attached hydrogens (tertiary/aromatic N) is 2. The number of benzene rings is 1. The summed E-state index contributed by atoms with van der Waals surface area (Å²) in [5.41, 5.74) is 1.52. The molecule has 1 aliphatic rings. The van der Waals surface area contributed by atoms with Gasteiger partial charge in [0.15, 0.2) is 0 Å². The Bertz CT molecular complexity index is 591. The van der Waals surface area contributed by atoms with Crippen molar-refractivity contribution in [1.29, 1.82) is 0 Å². The van der Waals surface area contributed by atoms with Crippen LogP contribution in [0.1, 0.15) is 12.5 Å². The highest BCUT2D eigenvalue weighted by molar-refractivity contribution is 8.13. The molecule has 2 rings (SSSR count). The van der Waals surface area contributed by atoms with Gasteiger partial charge in [0, 0.05) is 38.5 Å². The predicted octanol–water partition coefficient (Wildman–Crippen LogP) is 1.77. The van der Waals surface area contributed by atoms with E-state index < -0.39 is 0 Å². The number of hydrogen-bond acceptors (Lipinski definition) is 4. The lowest BCUT2D eigenvalue weighted by Crippen LogP contribution is -2.33. The number of hydrogen-bond donors (Lipinski definition) is 1. The standard InChI is InChI=1S/C15H19N3O3S/c1-11(19)17(2)9-12-5-3-4-6-13(12)16-14(20)10-18-7-8-22-15(18)21/h3-6H,7-10H2,1-2H3,(H,16,20). The summed E-state index contributed by atoms with van der Waals surface area (Å²) >= 11 is 1.23. The summed E-state index contributed by atoms with van der Waals surface area (Å²) < 4.78 is 0. The van der Waals surface area contributed by atoms with Crippen molar-refractivity contribution in [2.75, 3.05) is 31.2 Å². The first-order valence-corrected chi connectivity index (χ1v) is 7.97. The molecule has 0 spiro atoms. The monoisotopic (exact) mass is 321 g/mol. The van der Waals surface area contributed by atoms with Gasteiger partial charge in [-0.15, -0.1) is 0 Å².